The molecule has 36 heavy (non-hydrogen) atoms. The molecule has 2 aromatic carbocycles. The molecule has 194 valence electrons. The van der Waals surface area contributed by atoms with Crippen molar-refractivity contribution in [1.29, 1.82) is 0 Å². The highest BCUT2D eigenvalue weighted by Crippen LogP contribution is 2.40. The monoisotopic (exact) mass is 496 g/mol. The largest absolute Gasteiger partial charge is 0.462 e. The zero-order valence-electron chi connectivity index (χ0n) is 21.5. The minimum atomic E-state index is -0.968. The summed E-state index contributed by atoms with van der Waals surface area (Å²) in [6.45, 7) is 4.00. The van der Waals surface area contributed by atoms with Crippen molar-refractivity contribution in [2.24, 2.45) is 11.8 Å². The quantitative estimate of drug-likeness (QED) is 0.208. The third-order valence-corrected chi connectivity index (χ3v) is 8.02. The number of hydrogen-bond donors (Lipinski definition) is 0. The Morgan fingerprint density at radius 1 is 0.889 bits per heavy atom. The lowest BCUT2D eigenvalue weighted by atomic mass is 9.77. The predicted molar refractivity (Wildman–Crippen MR) is 138 cm³/mol. The first-order chi connectivity index (χ1) is 17.5. The highest BCUT2D eigenvalue weighted by Gasteiger charge is 2.31. The lowest BCUT2D eigenvalue weighted by molar-refractivity contribution is -0.140. The van der Waals surface area contributed by atoms with Gasteiger partial charge >= 0.3 is 5.97 Å². The van der Waals surface area contributed by atoms with Crippen LogP contribution in [0, 0.1) is 23.5 Å². The van der Waals surface area contributed by atoms with E-state index >= 15 is 0 Å². The molecule has 0 atom stereocenters. The molecule has 2 fully saturated rings. The van der Waals surface area contributed by atoms with Crippen molar-refractivity contribution >= 4 is 5.97 Å². The maximum absolute atomic E-state index is 14.7. The van der Waals surface area contributed by atoms with Crippen LogP contribution in [0.25, 0.3) is 0 Å². The molecular weight excluding hydrogens is 458 g/mol. The summed E-state index contributed by atoms with van der Waals surface area (Å²) >= 11 is 0. The summed E-state index contributed by atoms with van der Waals surface area (Å²) in [6.07, 6.45) is 13.1. The topological polar surface area (TPSA) is 35.5 Å². The highest BCUT2D eigenvalue weighted by molar-refractivity contribution is 5.75. The van der Waals surface area contributed by atoms with E-state index in [2.05, 4.69) is 19.1 Å². The molecule has 0 amide bonds. The van der Waals surface area contributed by atoms with Gasteiger partial charge in [0.25, 0.3) is 0 Å². The van der Waals surface area contributed by atoms with Gasteiger partial charge in [-0.1, -0.05) is 44.0 Å². The van der Waals surface area contributed by atoms with Crippen LogP contribution in [0.15, 0.2) is 48.7 Å². The Bertz CT molecular complexity index is 1030. The molecule has 2 aromatic rings. The van der Waals surface area contributed by atoms with Gasteiger partial charge < -0.3 is 9.47 Å². The van der Waals surface area contributed by atoms with Crippen LogP contribution >= 0.6 is 0 Å². The van der Waals surface area contributed by atoms with Crippen molar-refractivity contribution in [2.45, 2.75) is 89.9 Å². The van der Waals surface area contributed by atoms with Crippen LogP contribution < -0.4 is 9.47 Å². The van der Waals surface area contributed by atoms with Crippen LogP contribution in [-0.4, -0.2) is 5.97 Å². The second-order valence-electron chi connectivity index (χ2n) is 10.4. The van der Waals surface area contributed by atoms with E-state index in [1.165, 1.54) is 56.4 Å². The van der Waals surface area contributed by atoms with Gasteiger partial charge in [0, 0.05) is 0 Å². The molecule has 2 aliphatic carbocycles. The summed E-state index contributed by atoms with van der Waals surface area (Å²) in [5.74, 6) is -0.460. The zero-order chi connectivity index (χ0) is 25.5. The average molecular weight is 497 g/mol. The number of benzene rings is 2. The van der Waals surface area contributed by atoms with E-state index in [0.29, 0.717) is 42.9 Å². The highest BCUT2D eigenvalue weighted by atomic mass is 19.2. The Balaban J connectivity index is 1.28. The first kappa shape index (κ1) is 26.4. The average Bonchev–Trinajstić information content (AvgIpc) is 2.91. The van der Waals surface area contributed by atoms with E-state index in [-0.39, 0.29) is 23.6 Å². The van der Waals surface area contributed by atoms with Gasteiger partial charge in [0.2, 0.25) is 5.82 Å². The number of carbonyl (C=O) groups is 1. The zero-order valence-corrected chi connectivity index (χ0v) is 21.5. The molecule has 0 heterocycles. The van der Waals surface area contributed by atoms with E-state index in [4.69, 9.17) is 9.47 Å². The van der Waals surface area contributed by atoms with Gasteiger partial charge in [0.15, 0.2) is 11.6 Å². The van der Waals surface area contributed by atoms with Gasteiger partial charge in [-0.2, -0.15) is 4.39 Å². The summed E-state index contributed by atoms with van der Waals surface area (Å²) < 4.78 is 39.8. The van der Waals surface area contributed by atoms with Crippen molar-refractivity contribution < 1.29 is 23.0 Å². The van der Waals surface area contributed by atoms with Crippen LogP contribution in [0.5, 0.6) is 11.5 Å². The second-order valence-corrected chi connectivity index (χ2v) is 10.4. The van der Waals surface area contributed by atoms with Crippen molar-refractivity contribution in [3.8, 4) is 11.5 Å². The number of allylic oxidation sites excluding steroid dienone is 1. The molecule has 0 unspecified atom stereocenters. The summed E-state index contributed by atoms with van der Waals surface area (Å²) in [6, 6.07) is 11.1. The summed E-state index contributed by atoms with van der Waals surface area (Å²) in [4.78, 5) is 12.8. The molecule has 0 N–H and O–H groups in total. The minimum Gasteiger partial charge on any atom is -0.462 e. The predicted octanol–water partition coefficient (Wildman–Crippen LogP) is 8.83. The van der Waals surface area contributed by atoms with Crippen LogP contribution in [0.3, 0.4) is 0 Å². The van der Waals surface area contributed by atoms with Gasteiger partial charge in [-0.25, -0.2) is 4.39 Å². The molecule has 0 saturated heterocycles. The maximum Gasteiger partial charge on any atom is 0.314 e. The molecule has 0 aromatic heterocycles. The van der Waals surface area contributed by atoms with Crippen molar-refractivity contribution in [3.63, 3.8) is 0 Å². The van der Waals surface area contributed by atoms with Crippen LogP contribution in [0.1, 0.15) is 101 Å². The molecule has 0 radical (unpaired) electrons. The SMILES string of the molecule is CC=COc1ccc(C2CCC(C(=O)Oc3ccc(C4CCC(CCC)CC4)cc3)CC2)c(F)c1F. The molecule has 3 nitrogen and oxygen atoms in total. The second kappa shape index (κ2) is 12.5. The van der Waals surface area contributed by atoms with Crippen LogP contribution in [0.2, 0.25) is 0 Å². The third kappa shape index (κ3) is 6.35. The van der Waals surface area contributed by atoms with Crippen LogP contribution in [-0.2, 0) is 4.79 Å². The van der Waals surface area contributed by atoms with Crippen LogP contribution in [0.4, 0.5) is 8.78 Å². The number of ether oxygens (including phenoxy) is 2. The lowest BCUT2D eigenvalue weighted by Gasteiger charge is -2.29. The molecule has 5 heteroatoms. The number of rotatable bonds is 8. The first-order valence-electron chi connectivity index (χ1n) is 13.6. The number of hydrogen-bond acceptors (Lipinski definition) is 3. The fourth-order valence-corrected chi connectivity index (χ4v) is 5.93. The smallest absolute Gasteiger partial charge is 0.314 e. The number of esters is 1. The minimum absolute atomic E-state index is 0.119. The molecule has 2 aliphatic rings. The maximum atomic E-state index is 14.7. The molecule has 2 saturated carbocycles. The number of halogens is 2. The number of carbonyl (C=O) groups excluding carboxylic acids is 1. The summed E-state index contributed by atoms with van der Waals surface area (Å²) in [5.41, 5.74) is 1.69. The Hall–Kier alpha value is -2.69. The van der Waals surface area contributed by atoms with E-state index in [0.717, 1.165) is 5.92 Å². The van der Waals surface area contributed by atoms with E-state index in [1.807, 2.05) is 12.1 Å². The standard InChI is InChI=1S/C31H38F2O3/c1-3-5-21-6-8-22(9-7-21)23-14-16-26(17-15-23)36-31(34)25-12-10-24(11-13-25)27-18-19-28(35-20-4-2)30(33)29(27)32/h4,14-22,24-25H,3,5-13H2,1-2H3. The Labute approximate surface area is 213 Å². The van der Waals surface area contributed by atoms with Gasteiger partial charge in [-0.3, -0.25) is 4.79 Å². The van der Waals surface area contributed by atoms with Crippen molar-refractivity contribution in [2.75, 3.05) is 0 Å². The van der Waals surface area contributed by atoms with E-state index in [1.54, 1.807) is 19.1 Å². The normalized spacial score (nSPS) is 24.6. The molecule has 4 rings (SSSR count). The summed E-state index contributed by atoms with van der Waals surface area (Å²) in [5, 5.41) is 0. The third-order valence-electron chi connectivity index (χ3n) is 8.02. The lowest BCUT2D eigenvalue weighted by Crippen LogP contribution is -2.25. The van der Waals surface area contributed by atoms with Gasteiger partial charge in [0.1, 0.15) is 5.75 Å². The van der Waals surface area contributed by atoms with Gasteiger partial charge in [-0.05, 0) is 105 Å². The fourth-order valence-electron chi connectivity index (χ4n) is 5.93. The Morgan fingerprint density at radius 3 is 2.19 bits per heavy atom. The molecular formula is C31H38F2O3. The van der Waals surface area contributed by atoms with E-state index < -0.39 is 11.6 Å². The first-order valence-corrected chi connectivity index (χ1v) is 13.6. The summed E-state index contributed by atoms with van der Waals surface area (Å²) in [7, 11) is 0. The fraction of sp³-hybridized carbons (Fsp3) is 0.516. The van der Waals surface area contributed by atoms with Crippen molar-refractivity contribution in [3.05, 3.63) is 71.5 Å². The Morgan fingerprint density at radius 2 is 1.56 bits per heavy atom. The molecule has 0 bridgehead atoms. The molecule has 0 aliphatic heterocycles. The van der Waals surface area contributed by atoms with Crippen molar-refractivity contribution in [1.82, 2.24) is 0 Å². The van der Waals surface area contributed by atoms with Gasteiger partial charge in [-0.15, -0.1) is 0 Å². The van der Waals surface area contributed by atoms with Gasteiger partial charge in [0.05, 0.1) is 12.2 Å². The Kier molecular flexibility index (Phi) is 9.17. The van der Waals surface area contributed by atoms with E-state index in [9.17, 15) is 13.6 Å². The molecule has 0 spiro atoms.